The molecule has 4 heteroatoms. The van der Waals surface area contributed by atoms with Crippen molar-refractivity contribution in [1.29, 1.82) is 5.26 Å². The minimum atomic E-state index is -0.851. The molecule has 1 heterocycles. The summed E-state index contributed by atoms with van der Waals surface area (Å²) in [5, 5.41) is 12.2. The summed E-state index contributed by atoms with van der Waals surface area (Å²) in [5.74, 6) is 0.689. The van der Waals surface area contributed by atoms with E-state index in [1.807, 2.05) is 6.92 Å². The number of amides is 1. The number of nitriles is 1. The average Bonchev–Trinajstić information content (AvgIpc) is 3.13. The molecule has 1 amide bonds. The van der Waals surface area contributed by atoms with E-state index in [1.165, 1.54) is 12.8 Å². The van der Waals surface area contributed by atoms with Crippen LogP contribution in [-0.2, 0) is 9.53 Å². The number of ether oxygens (including phenoxy) is 1. The van der Waals surface area contributed by atoms with E-state index in [0.29, 0.717) is 26.1 Å². The predicted octanol–water partition coefficient (Wildman–Crippen LogP) is 1.61. The Hall–Kier alpha value is -1.08. The van der Waals surface area contributed by atoms with Gasteiger partial charge in [0, 0.05) is 19.3 Å². The van der Waals surface area contributed by atoms with Gasteiger partial charge in [-0.15, -0.1) is 0 Å². The van der Waals surface area contributed by atoms with Crippen LogP contribution >= 0.6 is 0 Å². The molecule has 0 aromatic carbocycles. The molecule has 2 fully saturated rings. The van der Waals surface area contributed by atoms with E-state index >= 15 is 0 Å². The zero-order valence-electron chi connectivity index (χ0n) is 10.4. The third-order valence-corrected chi connectivity index (χ3v) is 3.76. The molecule has 1 saturated carbocycles. The number of hydrogen-bond acceptors (Lipinski definition) is 3. The minimum Gasteiger partial charge on any atom is -0.381 e. The minimum absolute atomic E-state index is 0.101. The van der Waals surface area contributed by atoms with Gasteiger partial charge in [-0.2, -0.15) is 5.26 Å². The lowest BCUT2D eigenvalue weighted by Gasteiger charge is -2.30. The van der Waals surface area contributed by atoms with E-state index in [4.69, 9.17) is 4.74 Å². The van der Waals surface area contributed by atoms with E-state index in [2.05, 4.69) is 11.4 Å². The largest absolute Gasteiger partial charge is 0.381 e. The van der Waals surface area contributed by atoms with Crippen LogP contribution in [0.4, 0.5) is 0 Å². The van der Waals surface area contributed by atoms with Crippen LogP contribution in [-0.4, -0.2) is 25.2 Å². The van der Waals surface area contributed by atoms with Gasteiger partial charge in [-0.3, -0.25) is 4.79 Å². The van der Waals surface area contributed by atoms with Gasteiger partial charge >= 0.3 is 0 Å². The normalized spacial score (nSPS) is 24.7. The van der Waals surface area contributed by atoms with Crippen molar-refractivity contribution in [2.45, 2.75) is 45.1 Å². The zero-order valence-corrected chi connectivity index (χ0v) is 10.4. The predicted molar refractivity (Wildman–Crippen MR) is 63.0 cm³/mol. The third kappa shape index (κ3) is 2.98. The van der Waals surface area contributed by atoms with Crippen molar-refractivity contribution in [3.63, 3.8) is 0 Å². The fourth-order valence-electron chi connectivity index (χ4n) is 2.38. The summed E-state index contributed by atoms with van der Waals surface area (Å²) in [7, 11) is 0. The van der Waals surface area contributed by atoms with Crippen molar-refractivity contribution in [1.82, 2.24) is 5.32 Å². The zero-order chi connectivity index (χ0) is 12.3. The number of nitrogens with one attached hydrogen (secondary N) is 1. The first kappa shape index (κ1) is 12.4. The van der Waals surface area contributed by atoms with Gasteiger partial charge in [-0.05, 0) is 32.1 Å². The summed E-state index contributed by atoms with van der Waals surface area (Å²) < 4.78 is 5.23. The Morgan fingerprint density at radius 2 is 2.18 bits per heavy atom. The van der Waals surface area contributed by atoms with E-state index in [9.17, 15) is 10.1 Å². The molecule has 0 spiro atoms. The number of rotatable bonds is 4. The van der Waals surface area contributed by atoms with E-state index in [1.54, 1.807) is 0 Å². The highest BCUT2D eigenvalue weighted by atomic mass is 16.5. The van der Waals surface area contributed by atoms with Crippen LogP contribution < -0.4 is 5.32 Å². The summed E-state index contributed by atoms with van der Waals surface area (Å²) in [4.78, 5) is 12.2. The van der Waals surface area contributed by atoms with Gasteiger partial charge in [-0.25, -0.2) is 0 Å². The molecule has 1 N–H and O–H groups in total. The smallest absolute Gasteiger partial charge is 0.240 e. The monoisotopic (exact) mass is 236 g/mol. The first-order chi connectivity index (χ1) is 8.16. The Bertz CT molecular complexity index is 325. The van der Waals surface area contributed by atoms with Crippen molar-refractivity contribution in [2.24, 2.45) is 11.3 Å². The summed E-state index contributed by atoms with van der Waals surface area (Å²) >= 11 is 0. The maximum Gasteiger partial charge on any atom is 0.240 e. The highest BCUT2D eigenvalue weighted by Crippen LogP contribution is 2.34. The molecule has 2 rings (SSSR count). The van der Waals surface area contributed by atoms with Crippen LogP contribution in [0.5, 0.6) is 0 Å². The Kier molecular flexibility index (Phi) is 3.68. The van der Waals surface area contributed by atoms with Crippen LogP contribution in [0.1, 0.15) is 39.0 Å². The highest BCUT2D eigenvalue weighted by Gasteiger charge is 2.41. The molecule has 0 aromatic rings. The molecule has 1 aliphatic carbocycles. The molecule has 0 radical (unpaired) electrons. The average molecular weight is 236 g/mol. The molecular weight excluding hydrogens is 216 g/mol. The summed E-state index contributed by atoms with van der Waals surface area (Å²) in [5.41, 5.74) is -0.851. The molecule has 1 saturated heterocycles. The van der Waals surface area contributed by atoms with Crippen molar-refractivity contribution in [3.05, 3.63) is 0 Å². The molecule has 17 heavy (non-hydrogen) atoms. The van der Waals surface area contributed by atoms with Crippen LogP contribution in [0.3, 0.4) is 0 Å². The highest BCUT2D eigenvalue weighted by molar-refractivity contribution is 5.85. The van der Waals surface area contributed by atoms with Crippen molar-refractivity contribution in [3.8, 4) is 6.07 Å². The fraction of sp³-hybridized carbons (Fsp3) is 0.846. The van der Waals surface area contributed by atoms with Gasteiger partial charge in [0.25, 0.3) is 0 Å². The molecular formula is C13H20N2O2. The van der Waals surface area contributed by atoms with E-state index < -0.39 is 5.41 Å². The number of carbonyl (C=O) groups is 1. The van der Waals surface area contributed by atoms with Crippen molar-refractivity contribution in [2.75, 3.05) is 13.2 Å². The van der Waals surface area contributed by atoms with Gasteiger partial charge in [0.2, 0.25) is 5.91 Å². The first-order valence-electron chi connectivity index (χ1n) is 6.46. The molecule has 1 unspecified atom stereocenters. The Morgan fingerprint density at radius 1 is 1.53 bits per heavy atom. The molecule has 1 atom stereocenters. The summed E-state index contributed by atoms with van der Waals surface area (Å²) in [6.07, 6.45) is 4.66. The summed E-state index contributed by atoms with van der Waals surface area (Å²) in [6.45, 7) is 3.05. The van der Waals surface area contributed by atoms with E-state index in [0.717, 1.165) is 12.3 Å². The number of nitrogens with zero attached hydrogens (tertiary/aromatic N) is 1. The topological polar surface area (TPSA) is 62.1 Å². The van der Waals surface area contributed by atoms with Gasteiger partial charge in [0.1, 0.15) is 5.41 Å². The molecule has 0 aromatic heterocycles. The fourth-order valence-corrected chi connectivity index (χ4v) is 2.38. The van der Waals surface area contributed by atoms with Gasteiger partial charge in [0.15, 0.2) is 0 Å². The second-order valence-corrected chi connectivity index (χ2v) is 5.36. The lowest BCUT2D eigenvalue weighted by atomic mass is 9.80. The van der Waals surface area contributed by atoms with Gasteiger partial charge in [-0.1, -0.05) is 12.8 Å². The van der Waals surface area contributed by atoms with Crippen LogP contribution in [0, 0.1) is 22.7 Å². The quantitative estimate of drug-likeness (QED) is 0.806. The molecule has 2 aliphatic rings. The van der Waals surface area contributed by atoms with Gasteiger partial charge < -0.3 is 10.1 Å². The molecule has 0 bridgehead atoms. The number of hydrogen-bond donors (Lipinski definition) is 1. The second-order valence-electron chi connectivity index (χ2n) is 5.36. The van der Waals surface area contributed by atoms with Crippen LogP contribution in [0.25, 0.3) is 0 Å². The Morgan fingerprint density at radius 3 is 2.71 bits per heavy atom. The maximum absolute atomic E-state index is 12.2. The maximum atomic E-state index is 12.2. The number of carbonyl (C=O) groups excluding carboxylic acids is 1. The lowest BCUT2D eigenvalue weighted by Crippen LogP contribution is -2.46. The van der Waals surface area contributed by atoms with E-state index in [-0.39, 0.29) is 11.9 Å². The van der Waals surface area contributed by atoms with Crippen LogP contribution in [0.2, 0.25) is 0 Å². The first-order valence-corrected chi connectivity index (χ1v) is 6.46. The summed E-state index contributed by atoms with van der Waals surface area (Å²) in [6, 6.07) is 2.38. The molecule has 4 nitrogen and oxygen atoms in total. The van der Waals surface area contributed by atoms with Crippen molar-refractivity contribution < 1.29 is 9.53 Å². The molecule has 94 valence electrons. The van der Waals surface area contributed by atoms with Crippen molar-refractivity contribution >= 4 is 5.91 Å². The SMILES string of the molecule is CC(CC1CC1)NC(=O)C1(C#N)CCOCC1. The Labute approximate surface area is 102 Å². The third-order valence-electron chi connectivity index (χ3n) is 3.76. The molecule has 1 aliphatic heterocycles. The standard InChI is InChI=1S/C13H20N2O2/c1-10(8-11-2-3-11)15-12(16)13(9-14)4-6-17-7-5-13/h10-11H,2-8H2,1H3,(H,15,16). The van der Waals surface area contributed by atoms with Gasteiger partial charge in [0.05, 0.1) is 6.07 Å². The van der Waals surface area contributed by atoms with Crippen LogP contribution in [0.15, 0.2) is 0 Å². The Balaban J connectivity index is 1.89. The second kappa shape index (κ2) is 5.05. The lowest BCUT2D eigenvalue weighted by molar-refractivity contribution is -0.133.